The number of likely N-dealkylation sites (tertiary alicyclic amines) is 1. The predicted molar refractivity (Wildman–Crippen MR) is 143 cm³/mol. The first kappa shape index (κ1) is 28.1. The highest BCUT2D eigenvalue weighted by Gasteiger charge is 2.46. The molecular formula is C29H38N2O6. The smallest absolute Gasteiger partial charge is 0.295 e. The minimum Gasteiger partial charge on any atom is -0.507 e. The Bertz CT molecular complexity index is 1160. The summed E-state index contributed by atoms with van der Waals surface area (Å²) in [6, 6.07) is 9.80. The maximum atomic E-state index is 13.3. The van der Waals surface area contributed by atoms with E-state index in [0.717, 1.165) is 30.7 Å². The first-order valence-corrected chi connectivity index (χ1v) is 12.6. The van der Waals surface area contributed by atoms with Crippen LogP contribution in [-0.2, 0) is 9.59 Å². The van der Waals surface area contributed by atoms with Crippen molar-refractivity contribution < 1.29 is 28.9 Å². The van der Waals surface area contributed by atoms with E-state index < -0.39 is 17.7 Å². The van der Waals surface area contributed by atoms with Gasteiger partial charge in [0.25, 0.3) is 11.7 Å². The van der Waals surface area contributed by atoms with Gasteiger partial charge in [0.2, 0.25) is 0 Å². The fourth-order valence-corrected chi connectivity index (χ4v) is 4.48. The average molecular weight is 511 g/mol. The summed E-state index contributed by atoms with van der Waals surface area (Å²) in [4.78, 5) is 30.1. The van der Waals surface area contributed by atoms with Crippen LogP contribution in [0, 0.1) is 6.92 Å². The van der Waals surface area contributed by atoms with Crippen LogP contribution in [0.1, 0.15) is 48.9 Å². The molecule has 1 saturated heterocycles. The van der Waals surface area contributed by atoms with Crippen LogP contribution in [0.3, 0.4) is 0 Å². The molecule has 0 aromatic heterocycles. The zero-order valence-corrected chi connectivity index (χ0v) is 22.7. The van der Waals surface area contributed by atoms with E-state index in [1.165, 1.54) is 12.0 Å². The molecule has 2 aromatic carbocycles. The molecule has 0 unspecified atom stereocenters. The van der Waals surface area contributed by atoms with Crippen LogP contribution in [0.15, 0.2) is 42.0 Å². The Morgan fingerprint density at radius 3 is 2.32 bits per heavy atom. The zero-order valence-electron chi connectivity index (χ0n) is 22.7. The number of aliphatic hydroxyl groups is 1. The number of nitrogens with zero attached hydrogens (tertiary/aromatic N) is 2. The number of unbranched alkanes of at least 4 members (excludes halogenated alkanes) is 1. The SMILES string of the molecule is CCCCOc1ccc(C(O)=C2C(=O)C(=O)N(CCCN(C)C)[C@@H]2c2ccc(OC)c(OC)c2)cc1C. The fourth-order valence-electron chi connectivity index (χ4n) is 4.48. The normalized spacial score (nSPS) is 16.9. The maximum absolute atomic E-state index is 13.3. The van der Waals surface area contributed by atoms with E-state index in [4.69, 9.17) is 14.2 Å². The number of aliphatic hydroxyl groups excluding tert-OH is 1. The molecule has 1 fully saturated rings. The van der Waals surface area contributed by atoms with Gasteiger partial charge in [0.15, 0.2) is 11.5 Å². The summed E-state index contributed by atoms with van der Waals surface area (Å²) in [7, 11) is 6.99. The topological polar surface area (TPSA) is 88.5 Å². The predicted octanol–water partition coefficient (Wildman–Crippen LogP) is 4.56. The van der Waals surface area contributed by atoms with Crippen LogP contribution in [0.4, 0.5) is 0 Å². The van der Waals surface area contributed by atoms with Crippen molar-refractivity contribution in [3.05, 3.63) is 58.7 Å². The third kappa shape index (κ3) is 6.25. The van der Waals surface area contributed by atoms with Gasteiger partial charge in [-0.1, -0.05) is 19.4 Å². The molecule has 2 aromatic rings. The minimum atomic E-state index is -0.761. The number of amides is 1. The van der Waals surface area contributed by atoms with Gasteiger partial charge < -0.3 is 29.1 Å². The molecule has 1 aliphatic heterocycles. The number of hydrogen-bond donors (Lipinski definition) is 1. The van der Waals surface area contributed by atoms with Gasteiger partial charge in [0.1, 0.15) is 11.5 Å². The number of ether oxygens (including phenoxy) is 3. The molecule has 200 valence electrons. The van der Waals surface area contributed by atoms with Crippen LogP contribution in [0.5, 0.6) is 17.2 Å². The highest BCUT2D eigenvalue weighted by atomic mass is 16.5. The van der Waals surface area contributed by atoms with E-state index in [-0.39, 0.29) is 11.3 Å². The second-order valence-corrected chi connectivity index (χ2v) is 9.45. The first-order chi connectivity index (χ1) is 17.7. The van der Waals surface area contributed by atoms with Crippen LogP contribution in [-0.4, -0.2) is 74.6 Å². The van der Waals surface area contributed by atoms with Crippen molar-refractivity contribution in [2.45, 2.75) is 39.2 Å². The van der Waals surface area contributed by atoms with Gasteiger partial charge in [0.05, 0.1) is 32.4 Å². The summed E-state index contributed by atoms with van der Waals surface area (Å²) in [6.45, 7) is 5.72. The molecule has 0 bridgehead atoms. The lowest BCUT2D eigenvalue weighted by molar-refractivity contribution is -0.139. The van der Waals surface area contributed by atoms with Crippen molar-refractivity contribution in [2.24, 2.45) is 0 Å². The summed E-state index contributed by atoms with van der Waals surface area (Å²) >= 11 is 0. The van der Waals surface area contributed by atoms with E-state index in [2.05, 4.69) is 6.92 Å². The standard InChI is InChI=1S/C29H38N2O6/c1-7-8-16-37-22-12-11-21(17-19(22)2)27(32)25-26(20-10-13-23(35-5)24(18-20)36-6)31(29(34)28(25)33)15-9-14-30(3)4/h10-13,17-18,26,32H,7-9,14-16H2,1-6H3/t26-/m1/s1. The van der Waals surface area contributed by atoms with Gasteiger partial charge in [-0.3, -0.25) is 9.59 Å². The first-order valence-electron chi connectivity index (χ1n) is 12.6. The van der Waals surface area contributed by atoms with Crippen molar-refractivity contribution in [2.75, 3.05) is 48.0 Å². The highest BCUT2D eigenvalue weighted by molar-refractivity contribution is 6.46. The van der Waals surface area contributed by atoms with Crippen molar-refractivity contribution in [1.29, 1.82) is 0 Å². The lowest BCUT2D eigenvalue weighted by Crippen LogP contribution is -2.32. The summed E-state index contributed by atoms with van der Waals surface area (Å²) in [5.74, 6) is 0.190. The molecule has 1 aliphatic rings. The fraction of sp³-hybridized carbons (Fsp3) is 0.448. The Morgan fingerprint density at radius 1 is 1.00 bits per heavy atom. The molecule has 1 atom stereocenters. The summed E-state index contributed by atoms with van der Waals surface area (Å²) in [5, 5.41) is 11.4. The number of aryl methyl sites for hydroxylation is 1. The number of Topliss-reactive ketones (excluding diaryl/α,β-unsaturated/α-hetero) is 1. The van der Waals surface area contributed by atoms with Crippen molar-refractivity contribution >= 4 is 17.4 Å². The number of carbonyl (C=O) groups is 2. The Kier molecular flexibility index (Phi) is 9.58. The zero-order chi connectivity index (χ0) is 27.1. The molecular weight excluding hydrogens is 472 g/mol. The van der Waals surface area contributed by atoms with E-state index in [9.17, 15) is 14.7 Å². The molecule has 0 aliphatic carbocycles. The average Bonchev–Trinajstić information content (AvgIpc) is 3.13. The molecule has 8 heteroatoms. The minimum absolute atomic E-state index is 0.0566. The summed E-state index contributed by atoms with van der Waals surface area (Å²) in [5.41, 5.74) is 2.00. The third-order valence-corrected chi connectivity index (χ3v) is 6.47. The molecule has 8 nitrogen and oxygen atoms in total. The molecule has 0 radical (unpaired) electrons. The number of hydrogen-bond acceptors (Lipinski definition) is 7. The van der Waals surface area contributed by atoms with Gasteiger partial charge >= 0.3 is 0 Å². The lowest BCUT2D eigenvalue weighted by atomic mass is 9.94. The Balaban J connectivity index is 2.08. The largest absolute Gasteiger partial charge is 0.507 e. The Labute approximate surface area is 219 Å². The Hall–Kier alpha value is -3.52. The second-order valence-electron chi connectivity index (χ2n) is 9.45. The highest BCUT2D eigenvalue weighted by Crippen LogP contribution is 2.42. The van der Waals surface area contributed by atoms with Gasteiger partial charge in [-0.25, -0.2) is 0 Å². The number of carbonyl (C=O) groups excluding carboxylic acids is 2. The van der Waals surface area contributed by atoms with Crippen LogP contribution < -0.4 is 14.2 Å². The molecule has 1 amide bonds. The second kappa shape index (κ2) is 12.6. The van der Waals surface area contributed by atoms with Crippen LogP contribution >= 0.6 is 0 Å². The Morgan fingerprint density at radius 2 is 1.70 bits per heavy atom. The number of rotatable bonds is 12. The quantitative estimate of drug-likeness (QED) is 0.194. The lowest BCUT2D eigenvalue weighted by Gasteiger charge is -2.26. The van der Waals surface area contributed by atoms with Gasteiger partial charge in [-0.2, -0.15) is 0 Å². The monoisotopic (exact) mass is 510 g/mol. The molecule has 37 heavy (non-hydrogen) atoms. The van der Waals surface area contributed by atoms with Crippen molar-refractivity contribution in [3.63, 3.8) is 0 Å². The molecule has 1 heterocycles. The van der Waals surface area contributed by atoms with Crippen LogP contribution in [0.25, 0.3) is 5.76 Å². The molecule has 0 spiro atoms. The molecule has 1 N–H and O–H groups in total. The number of benzene rings is 2. The van der Waals surface area contributed by atoms with E-state index in [1.54, 1.807) is 43.5 Å². The molecule has 0 saturated carbocycles. The van der Waals surface area contributed by atoms with Gasteiger partial charge in [-0.15, -0.1) is 0 Å². The van der Waals surface area contributed by atoms with E-state index in [1.807, 2.05) is 25.9 Å². The summed E-state index contributed by atoms with van der Waals surface area (Å²) in [6.07, 6.45) is 2.65. The van der Waals surface area contributed by atoms with Crippen LogP contribution in [0.2, 0.25) is 0 Å². The van der Waals surface area contributed by atoms with E-state index in [0.29, 0.717) is 42.2 Å². The van der Waals surface area contributed by atoms with Crippen molar-refractivity contribution in [3.8, 4) is 17.2 Å². The third-order valence-electron chi connectivity index (χ3n) is 6.47. The maximum Gasteiger partial charge on any atom is 0.295 e. The summed E-state index contributed by atoms with van der Waals surface area (Å²) < 4.78 is 16.7. The van der Waals surface area contributed by atoms with Gasteiger partial charge in [-0.05, 0) is 81.9 Å². The van der Waals surface area contributed by atoms with E-state index >= 15 is 0 Å². The van der Waals surface area contributed by atoms with Crippen molar-refractivity contribution in [1.82, 2.24) is 9.80 Å². The molecule has 3 rings (SSSR count). The van der Waals surface area contributed by atoms with Gasteiger partial charge in [0, 0.05) is 12.1 Å². The number of ketones is 1. The number of methoxy groups -OCH3 is 2.